The van der Waals surface area contributed by atoms with Crippen molar-refractivity contribution in [3.8, 4) is 17.1 Å². The molecule has 3 rings (SSSR count). The zero-order valence-corrected chi connectivity index (χ0v) is 13.8. The monoisotopic (exact) mass is 311 g/mol. The second-order valence-electron chi connectivity index (χ2n) is 5.05. The summed E-state index contributed by atoms with van der Waals surface area (Å²) in [5.74, 6) is -0.157. The smallest absolute Gasteiger partial charge is 0.235 e. The van der Waals surface area contributed by atoms with Crippen molar-refractivity contribution in [1.82, 2.24) is 0 Å². The Bertz CT molecular complexity index is 849. The summed E-state index contributed by atoms with van der Waals surface area (Å²) in [6, 6.07) is 14.3. The average molecular weight is 311 g/mol. The molecule has 4 heteroatoms. The van der Waals surface area contributed by atoms with E-state index in [1.165, 1.54) is 0 Å². The third-order valence-corrected chi connectivity index (χ3v) is 3.42. The summed E-state index contributed by atoms with van der Waals surface area (Å²) >= 11 is 0. The second-order valence-corrected chi connectivity index (χ2v) is 5.05. The normalized spacial score (nSPS) is 10.1. The molecule has 2 aromatic carbocycles. The molecule has 1 N–H and O–H groups in total. The lowest BCUT2D eigenvalue weighted by atomic mass is 10.1. The first-order chi connectivity index (χ1) is 11.1. The first kappa shape index (κ1) is 16.6. The van der Waals surface area contributed by atoms with Crippen LogP contribution in [0, 0.1) is 0 Å². The molecule has 120 valence electrons. The van der Waals surface area contributed by atoms with Crippen molar-refractivity contribution in [2.75, 3.05) is 19.0 Å². The maximum Gasteiger partial charge on any atom is 0.235 e. The van der Waals surface area contributed by atoms with Gasteiger partial charge in [-0.3, -0.25) is 4.79 Å². The van der Waals surface area contributed by atoms with Gasteiger partial charge in [-0.15, -0.1) is 0 Å². The first-order valence-corrected chi connectivity index (χ1v) is 7.60. The fourth-order valence-electron chi connectivity index (χ4n) is 2.24. The number of aromatic hydroxyl groups is 1. The molecule has 1 heterocycles. The predicted molar refractivity (Wildman–Crippen MR) is 95.3 cm³/mol. The summed E-state index contributed by atoms with van der Waals surface area (Å²) in [6.07, 6.45) is 0. The molecular formula is C19H21NO3. The molecule has 23 heavy (non-hydrogen) atoms. The van der Waals surface area contributed by atoms with Crippen LogP contribution in [0.4, 0.5) is 5.69 Å². The van der Waals surface area contributed by atoms with Gasteiger partial charge in [0, 0.05) is 25.3 Å². The highest BCUT2D eigenvalue weighted by Gasteiger charge is 2.14. The van der Waals surface area contributed by atoms with Crippen LogP contribution in [0.15, 0.2) is 57.7 Å². The lowest BCUT2D eigenvalue weighted by Gasteiger charge is -2.12. The van der Waals surface area contributed by atoms with Gasteiger partial charge in [0.2, 0.25) is 11.2 Å². The minimum absolute atomic E-state index is 0.198. The van der Waals surface area contributed by atoms with Crippen LogP contribution >= 0.6 is 0 Å². The number of nitrogens with zero attached hydrogens (tertiary/aromatic N) is 1. The Balaban J connectivity index is 0.000000924. The van der Waals surface area contributed by atoms with E-state index in [1.807, 2.05) is 57.1 Å². The van der Waals surface area contributed by atoms with E-state index in [4.69, 9.17) is 4.42 Å². The van der Waals surface area contributed by atoms with Crippen LogP contribution in [0.25, 0.3) is 22.3 Å². The van der Waals surface area contributed by atoms with Crippen molar-refractivity contribution in [2.45, 2.75) is 13.8 Å². The molecule has 0 spiro atoms. The molecule has 0 bridgehead atoms. The first-order valence-electron chi connectivity index (χ1n) is 7.60. The van der Waals surface area contributed by atoms with Gasteiger partial charge in [0.05, 0.1) is 5.39 Å². The van der Waals surface area contributed by atoms with E-state index in [0.717, 1.165) is 5.69 Å². The van der Waals surface area contributed by atoms with E-state index >= 15 is 0 Å². The topological polar surface area (TPSA) is 53.7 Å². The zero-order chi connectivity index (χ0) is 17.0. The summed E-state index contributed by atoms with van der Waals surface area (Å²) in [7, 11) is 3.89. The Kier molecular flexibility index (Phi) is 5.06. The fraction of sp³-hybridized carbons (Fsp3) is 0.211. The number of fused-ring (bicyclic) bond motifs is 1. The SMILES string of the molecule is CC.CN(C)c1ccc(-c2oc3ccccc3c(=O)c2O)cc1. The van der Waals surface area contributed by atoms with E-state index in [9.17, 15) is 9.90 Å². The van der Waals surface area contributed by atoms with Crippen LogP contribution in [0.1, 0.15) is 13.8 Å². The zero-order valence-electron chi connectivity index (χ0n) is 13.8. The lowest BCUT2D eigenvalue weighted by Crippen LogP contribution is -2.08. The van der Waals surface area contributed by atoms with Crippen LogP contribution < -0.4 is 10.3 Å². The van der Waals surface area contributed by atoms with Crippen molar-refractivity contribution in [3.05, 3.63) is 58.8 Å². The third kappa shape index (κ3) is 3.21. The molecule has 0 aliphatic carbocycles. The van der Waals surface area contributed by atoms with Crippen LogP contribution in [-0.4, -0.2) is 19.2 Å². The molecule has 1 aromatic heterocycles. The maximum absolute atomic E-state index is 12.2. The lowest BCUT2D eigenvalue weighted by molar-refractivity contribution is 0.449. The Hall–Kier alpha value is -2.75. The van der Waals surface area contributed by atoms with Gasteiger partial charge in [0.1, 0.15) is 5.58 Å². The van der Waals surface area contributed by atoms with Crippen molar-refractivity contribution < 1.29 is 9.52 Å². The molecule has 0 fully saturated rings. The summed E-state index contributed by atoms with van der Waals surface area (Å²) in [6.45, 7) is 4.00. The Labute approximate surface area is 135 Å². The Morgan fingerprint density at radius 2 is 1.57 bits per heavy atom. The molecule has 0 amide bonds. The van der Waals surface area contributed by atoms with Crippen molar-refractivity contribution >= 4 is 16.7 Å². The number of anilines is 1. The molecule has 0 radical (unpaired) electrons. The summed E-state index contributed by atoms with van der Waals surface area (Å²) in [5, 5.41) is 10.5. The van der Waals surface area contributed by atoms with Crippen molar-refractivity contribution in [1.29, 1.82) is 0 Å². The minimum atomic E-state index is -0.413. The van der Waals surface area contributed by atoms with Crippen LogP contribution in [0.2, 0.25) is 0 Å². The highest BCUT2D eigenvalue weighted by molar-refractivity contribution is 5.81. The average Bonchev–Trinajstić information content (AvgIpc) is 2.60. The van der Waals surface area contributed by atoms with Gasteiger partial charge >= 0.3 is 0 Å². The Morgan fingerprint density at radius 1 is 0.957 bits per heavy atom. The van der Waals surface area contributed by atoms with Gasteiger partial charge in [-0.05, 0) is 36.4 Å². The number of hydrogen-bond donors (Lipinski definition) is 1. The maximum atomic E-state index is 12.2. The van der Waals surface area contributed by atoms with E-state index in [1.54, 1.807) is 24.3 Å². The number of hydrogen-bond acceptors (Lipinski definition) is 4. The molecule has 0 unspecified atom stereocenters. The van der Waals surface area contributed by atoms with Crippen LogP contribution in [0.5, 0.6) is 5.75 Å². The second kappa shape index (κ2) is 7.01. The quantitative estimate of drug-likeness (QED) is 0.768. The molecule has 0 saturated heterocycles. The largest absolute Gasteiger partial charge is 0.502 e. The van der Waals surface area contributed by atoms with Gasteiger partial charge < -0.3 is 14.4 Å². The fourth-order valence-corrected chi connectivity index (χ4v) is 2.24. The molecule has 0 saturated carbocycles. The molecular weight excluding hydrogens is 290 g/mol. The number of rotatable bonds is 2. The van der Waals surface area contributed by atoms with E-state index in [-0.39, 0.29) is 11.5 Å². The molecule has 3 aromatic rings. The van der Waals surface area contributed by atoms with Crippen LogP contribution in [-0.2, 0) is 0 Å². The Morgan fingerprint density at radius 3 is 2.17 bits per heavy atom. The summed E-state index contributed by atoms with van der Waals surface area (Å²) < 4.78 is 5.70. The van der Waals surface area contributed by atoms with E-state index in [0.29, 0.717) is 16.5 Å². The minimum Gasteiger partial charge on any atom is -0.502 e. The number of benzene rings is 2. The highest BCUT2D eigenvalue weighted by Crippen LogP contribution is 2.30. The van der Waals surface area contributed by atoms with E-state index < -0.39 is 5.43 Å². The molecule has 0 aliphatic rings. The highest BCUT2D eigenvalue weighted by atomic mass is 16.4. The molecule has 4 nitrogen and oxygen atoms in total. The summed E-state index contributed by atoms with van der Waals surface area (Å²) in [4.78, 5) is 14.2. The van der Waals surface area contributed by atoms with Gasteiger partial charge in [0.15, 0.2) is 5.76 Å². The van der Waals surface area contributed by atoms with Crippen molar-refractivity contribution in [3.63, 3.8) is 0 Å². The van der Waals surface area contributed by atoms with Gasteiger partial charge in [-0.2, -0.15) is 0 Å². The third-order valence-electron chi connectivity index (χ3n) is 3.42. The predicted octanol–water partition coefficient (Wildman–Crippen LogP) is 4.26. The standard InChI is InChI=1S/C17H15NO3.C2H6/c1-18(2)12-9-7-11(8-10-12)17-16(20)15(19)13-5-3-4-6-14(13)21-17;1-2/h3-10,20H,1-2H3;1-2H3. The van der Waals surface area contributed by atoms with Gasteiger partial charge in [0.25, 0.3) is 0 Å². The van der Waals surface area contributed by atoms with Crippen molar-refractivity contribution in [2.24, 2.45) is 0 Å². The molecule has 0 atom stereocenters. The summed E-state index contributed by atoms with van der Waals surface area (Å²) in [5.41, 5.74) is 1.75. The van der Waals surface area contributed by atoms with Gasteiger partial charge in [-0.1, -0.05) is 26.0 Å². The van der Waals surface area contributed by atoms with E-state index in [2.05, 4.69) is 0 Å². The number of para-hydroxylation sites is 1. The van der Waals surface area contributed by atoms with Gasteiger partial charge in [-0.25, -0.2) is 0 Å². The molecule has 0 aliphatic heterocycles. The van der Waals surface area contributed by atoms with Crippen LogP contribution in [0.3, 0.4) is 0 Å².